The highest BCUT2D eigenvalue weighted by Gasteiger charge is 2.25. The van der Waals surface area contributed by atoms with Gasteiger partial charge in [0, 0.05) is 12.6 Å². The molecule has 0 spiro atoms. The van der Waals surface area contributed by atoms with Crippen LogP contribution in [0.15, 0.2) is 30.3 Å². The van der Waals surface area contributed by atoms with E-state index in [0.29, 0.717) is 18.7 Å². The molecular weight excluding hydrogens is 245 g/mol. The van der Waals surface area contributed by atoms with Gasteiger partial charge in [-0.05, 0) is 37.6 Å². The van der Waals surface area contributed by atoms with E-state index >= 15 is 0 Å². The molecule has 0 bridgehead atoms. The second-order valence-electron chi connectivity index (χ2n) is 4.87. The van der Waals surface area contributed by atoms with Crippen molar-refractivity contribution in [2.24, 2.45) is 0 Å². The van der Waals surface area contributed by atoms with Crippen molar-refractivity contribution in [1.29, 1.82) is 0 Å². The lowest BCUT2D eigenvalue weighted by atomic mass is 10.1. The molecule has 0 aromatic heterocycles. The van der Waals surface area contributed by atoms with E-state index in [1.807, 2.05) is 13.8 Å². The summed E-state index contributed by atoms with van der Waals surface area (Å²) in [7, 11) is 0. The fourth-order valence-corrected chi connectivity index (χ4v) is 2.08. The molecule has 3 nitrogen and oxygen atoms in total. The van der Waals surface area contributed by atoms with Crippen LogP contribution >= 0.6 is 0 Å². The Hall–Kier alpha value is -1.68. The Labute approximate surface area is 112 Å². The number of ether oxygens (including phenoxy) is 1. The largest absolute Gasteiger partial charge is 0.375 e. The summed E-state index contributed by atoms with van der Waals surface area (Å²) in [5, 5.41) is 0. The van der Waals surface area contributed by atoms with E-state index in [1.165, 1.54) is 18.2 Å². The van der Waals surface area contributed by atoms with Crippen molar-refractivity contribution in [1.82, 2.24) is 4.90 Å². The first-order valence-corrected chi connectivity index (χ1v) is 6.42. The van der Waals surface area contributed by atoms with Gasteiger partial charge in [-0.2, -0.15) is 0 Å². The molecule has 1 aliphatic heterocycles. The van der Waals surface area contributed by atoms with Gasteiger partial charge in [0.05, 0.1) is 18.8 Å². The van der Waals surface area contributed by atoms with Crippen LogP contribution in [0.5, 0.6) is 0 Å². The highest BCUT2D eigenvalue weighted by Crippen LogP contribution is 2.13. The molecule has 1 aromatic rings. The van der Waals surface area contributed by atoms with Gasteiger partial charge in [-0.25, -0.2) is 4.39 Å². The predicted octanol–water partition coefficient (Wildman–Crippen LogP) is 2.47. The lowest BCUT2D eigenvalue weighted by Crippen LogP contribution is -2.49. The molecule has 0 N–H and O–H groups in total. The average molecular weight is 263 g/mol. The van der Waals surface area contributed by atoms with Crippen molar-refractivity contribution in [2.45, 2.75) is 26.0 Å². The van der Waals surface area contributed by atoms with Crippen molar-refractivity contribution < 1.29 is 13.9 Å². The molecule has 1 heterocycles. The number of halogens is 1. The Morgan fingerprint density at radius 1 is 1.47 bits per heavy atom. The van der Waals surface area contributed by atoms with Crippen LogP contribution in [0.2, 0.25) is 0 Å². The summed E-state index contributed by atoms with van der Waals surface area (Å²) in [6, 6.07) is 6.23. The summed E-state index contributed by atoms with van der Waals surface area (Å²) < 4.78 is 18.5. The highest BCUT2D eigenvalue weighted by molar-refractivity contribution is 5.92. The Morgan fingerprint density at radius 2 is 2.26 bits per heavy atom. The molecule has 4 heteroatoms. The number of rotatable bonds is 2. The van der Waals surface area contributed by atoms with E-state index in [4.69, 9.17) is 4.74 Å². The second kappa shape index (κ2) is 5.97. The molecule has 0 radical (unpaired) electrons. The third kappa shape index (κ3) is 3.64. The molecule has 19 heavy (non-hydrogen) atoms. The molecule has 0 saturated carbocycles. The Bertz CT molecular complexity index is 487. The molecule has 1 aromatic carbocycles. The van der Waals surface area contributed by atoms with Crippen molar-refractivity contribution >= 4 is 12.0 Å². The standard InChI is InChI=1S/C15H18FNO2/c1-11-10-19-12(2)9-17(11)15(18)7-6-13-4-3-5-14(16)8-13/h3-8,11-12H,9-10H2,1-2H3. The number of benzene rings is 1. The second-order valence-corrected chi connectivity index (χ2v) is 4.87. The Balaban J connectivity index is 2.04. The quantitative estimate of drug-likeness (QED) is 0.767. The molecule has 1 saturated heterocycles. The third-order valence-corrected chi connectivity index (χ3v) is 3.16. The fourth-order valence-electron chi connectivity index (χ4n) is 2.08. The van der Waals surface area contributed by atoms with Crippen molar-refractivity contribution in [3.63, 3.8) is 0 Å². The fraction of sp³-hybridized carbons (Fsp3) is 0.400. The Morgan fingerprint density at radius 3 is 3.00 bits per heavy atom. The molecular formula is C15H18FNO2. The van der Waals surface area contributed by atoms with Crippen LogP contribution in [0.3, 0.4) is 0 Å². The van der Waals surface area contributed by atoms with Crippen molar-refractivity contribution in [3.05, 3.63) is 41.7 Å². The molecule has 1 fully saturated rings. The van der Waals surface area contributed by atoms with Gasteiger partial charge in [0.15, 0.2) is 0 Å². The van der Waals surface area contributed by atoms with Gasteiger partial charge in [0.1, 0.15) is 5.82 Å². The third-order valence-electron chi connectivity index (χ3n) is 3.16. The van der Waals surface area contributed by atoms with Crippen LogP contribution in [0.4, 0.5) is 4.39 Å². The van der Waals surface area contributed by atoms with Gasteiger partial charge in [0.25, 0.3) is 0 Å². The van der Waals surface area contributed by atoms with Crippen LogP contribution in [-0.2, 0) is 9.53 Å². The minimum absolute atomic E-state index is 0.0581. The summed E-state index contributed by atoms with van der Waals surface area (Å²) in [5.41, 5.74) is 0.683. The van der Waals surface area contributed by atoms with Crippen LogP contribution < -0.4 is 0 Å². The minimum atomic E-state index is -0.303. The van der Waals surface area contributed by atoms with Gasteiger partial charge < -0.3 is 9.64 Å². The summed E-state index contributed by atoms with van der Waals surface area (Å²) in [6.45, 7) is 5.05. The smallest absolute Gasteiger partial charge is 0.246 e. The Kier molecular flexibility index (Phi) is 4.32. The lowest BCUT2D eigenvalue weighted by Gasteiger charge is -2.36. The average Bonchev–Trinajstić information content (AvgIpc) is 2.39. The van der Waals surface area contributed by atoms with Crippen LogP contribution in [0.1, 0.15) is 19.4 Å². The molecule has 2 rings (SSSR count). The highest BCUT2D eigenvalue weighted by atomic mass is 19.1. The zero-order valence-electron chi connectivity index (χ0n) is 11.2. The van der Waals surface area contributed by atoms with Crippen LogP contribution in [0, 0.1) is 5.82 Å². The maximum atomic E-state index is 13.0. The summed E-state index contributed by atoms with van der Waals surface area (Å²) >= 11 is 0. The SMILES string of the molecule is CC1CN(C(=O)C=Cc2cccc(F)c2)C(C)CO1. The number of amides is 1. The van der Waals surface area contributed by atoms with Crippen LogP contribution in [-0.4, -0.2) is 36.1 Å². The molecule has 2 atom stereocenters. The van der Waals surface area contributed by atoms with Crippen molar-refractivity contribution in [3.8, 4) is 0 Å². The van der Waals surface area contributed by atoms with Gasteiger partial charge in [-0.1, -0.05) is 12.1 Å². The van der Waals surface area contributed by atoms with Gasteiger partial charge in [-0.3, -0.25) is 4.79 Å². The maximum Gasteiger partial charge on any atom is 0.246 e. The molecule has 1 amide bonds. The topological polar surface area (TPSA) is 29.5 Å². The number of nitrogens with zero attached hydrogens (tertiary/aromatic N) is 1. The normalized spacial score (nSPS) is 23.8. The van der Waals surface area contributed by atoms with E-state index < -0.39 is 0 Å². The summed E-state index contributed by atoms with van der Waals surface area (Å²) in [4.78, 5) is 13.9. The van der Waals surface area contributed by atoms with Gasteiger partial charge in [0.2, 0.25) is 5.91 Å². The first-order valence-electron chi connectivity index (χ1n) is 6.42. The minimum Gasteiger partial charge on any atom is -0.375 e. The zero-order valence-corrected chi connectivity index (χ0v) is 11.2. The summed E-state index contributed by atoms with van der Waals surface area (Å²) in [6.07, 6.45) is 3.18. The van der Waals surface area contributed by atoms with E-state index in [2.05, 4.69) is 0 Å². The van der Waals surface area contributed by atoms with E-state index in [9.17, 15) is 9.18 Å². The molecule has 0 aliphatic carbocycles. The number of carbonyl (C=O) groups excluding carboxylic acids is 1. The van der Waals surface area contributed by atoms with E-state index in [0.717, 1.165) is 0 Å². The number of morpholine rings is 1. The van der Waals surface area contributed by atoms with Crippen molar-refractivity contribution in [2.75, 3.05) is 13.2 Å². The zero-order chi connectivity index (χ0) is 13.8. The monoisotopic (exact) mass is 263 g/mol. The first kappa shape index (κ1) is 13.7. The van der Waals surface area contributed by atoms with Gasteiger partial charge in [-0.15, -0.1) is 0 Å². The number of hydrogen-bond acceptors (Lipinski definition) is 2. The lowest BCUT2D eigenvalue weighted by molar-refractivity contribution is -0.137. The number of hydrogen-bond donors (Lipinski definition) is 0. The summed E-state index contributed by atoms with van der Waals surface area (Å²) in [5.74, 6) is -0.366. The van der Waals surface area contributed by atoms with Crippen LogP contribution in [0.25, 0.3) is 6.08 Å². The first-order chi connectivity index (χ1) is 9.06. The number of carbonyl (C=O) groups is 1. The molecule has 102 valence electrons. The molecule has 2 unspecified atom stereocenters. The van der Waals surface area contributed by atoms with E-state index in [1.54, 1.807) is 23.1 Å². The van der Waals surface area contributed by atoms with E-state index in [-0.39, 0.29) is 23.9 Å². The predicted molar refractivity (Wildman–Crippen MR) is 72.0 cm³/mol. The van der Waals surface area contributed by atoms with Gasteiger partial charge >= 0.3 is 0 Å². The molecule has 1 aliphatic rings. The maximum absolute atomic E-state index is 13.0.